The molecular formula is C62H86N6O14. The van der Waals surface area contributed by atoms with Crippen LogP contribution in [-0.2, 0) is 61.0 Å². The van der Waals surface area contributed by atoms with E-state index in [1.807, 2.05) is 113 Å². The zero-order valence-corrected chi connectivity index (χ0v) is 49.0. The standard InChI is InChI=1S/C62H86N6O14/c1-37(2)31-49(57(73)67-53(39(5)6)61(77)81-35-43-19-13-11-14-20-43)63-59(75)55(41(9)69)65-51(71)23-17-29-79-47-27-25-45-26-28-48(34-46(45)33-47)80-30-18-24-52(72)66-56(42(10)70)60(76)64-50(32-38(3)4)58(74)68-54(40(7)8)62(78)82-36-44-21-15-12-16-22-44/h11-16,19-22,25-28,33-34,37-42,49-50,53-56,69-70H,17-18,23-24,29-32,35-36H2,1-10H3,(H,63,75)(H,64,76)(H,65,71)(H,66,72)(H,67,73)(H,68,74)/t41?,42?,49-,50-,53-,54-,55-,56-/m0/s1. The molecule has 8 N–H and O–H groups in total. The molecule has 0 fully saturated rings. The molecule has 0 aliphatic rings. The summed E-state index contributed by atoms with van der Waals surface area (Å²) in [5.41, 5.74) is 1.57. The van der Waals surface area contributed by atoms with Crippen molar-refractivity contribution in [1.82, 2.24) is 31.9 Å². The number of aliphatic hydroxyl groups is 2. The first kappa shape index (κ1) is 66.9. The monoisotopic (exact) mass is 1140 g/mol. The highest BCUT2D eigenvalue weighted by Crippen LogP contribution is 2.26. The van der Waals surface area contributed by atoms with Gasteiger partial charge >= 0.3 is 11.9 Å². The molecule has 448 valence electrons. The first-order valence-electron chi connectivity index (χ1n) is 28.3. The third-order valence-corrected chi connectivity index (χ3v) is 13.1. The highest BCUT2D eigenvalue weighted by molar-refractivity contribution is 5.95. The zero-order valence-electron chi connectivity index (χ0n) is 49.0. The number of esters is 2. The molecule has 82 heavy (non-hydrogen) atoms. The number of rotatable bonds is 34. The van der Waals surface area contributed by atoms with Gasteiger partial charge in [-0.25, -0.2) is 9.59 Å². The molecular weight excluding hydrogens is 1050 g/mol. The van der Waals surface area contributed by atoms with E-state index in [4.69, 9.17) is 18.9 Å². The molecule has 4 aromatic rings. The van der Waals surface area contributed by atoms with Crippen LogP contribution in [0.2, 0.25) is 0 Å². The number of carbonyl (C=O) groups is 8. The lowest BCUT2D eigenvalue weighted by molar-refractivity contribution is -0.151. The van der Waals surface area contributed by atoms with Gasteiger partial charge in [0.2, 0.25) is 35.4 Å². The molecule has 0 radical (unpaired) electrons. The number of nitrogens with one attached hydrogen (secondary N) is 6. The molecule has 0 bridgehead atoms. The second kappa shape index (κ2) is 34.0. The Hall–Kier alpha value is -7.58. The van der Waals surface area contributed by atoms with Crippen LogP contribution in [0, 0.1) is 23.7 Å². The van der Waals surface area contributed by atoms with E-state index in [9.17, 15) is 48.6 Å². The third kappa shape index (κ3) is 23.1. The normalized spacial score (nSPS) is 14.3. The number of fused-ring (bicyclic) bond motifs is 1. The van der Waals surface area contributed by atoms with Gasteiger partial charge in [-0.2, -0.15) is 0 Å². The second-order valence-corrected chi connectivity index (χ2v) is 22.2. The fourth-order valence-corrected chi connectivity index (χ4v) is 8.60. The lowest BCUT2D eigenvalue weighted by Crippen LogP contribution is -2.59. The summed E-state index contributed by atoms with van der Waals surface area (Å²) in [5, 5.41) is 38.8. The van der Waals surface area contributed by atoms with Gasteiger partial charge in [0.05, 0.1) is 25.4 Å². The van der Waals surface area contributed by atoms with Crippen LogP contribution in [0.5, 0.6) is 11.5 Å². The molecule has 2 unspecified atom stereocenters. The summed E-state index contributed by atoms with van der Waals surface area (Å²) in [6.45, 7) is 17.6. The fraction of sp³-hybridized carbons (Fsp3) is 0.516. The van der Waals surface area contributed by atoms with Gasteiger partial charge in [0.1, 0.15) is 61.0 Å². The van der Waals surface area contributed by atoms with Crippen LogP contribution in [0.15, 0.2) is 97.1 Å². The molecule has 6 amide bonds. The largest absolute Gasteiger partial charge is 0.494 e. The Bertz CT molecular complexity index is 2520. The minimum Gasteiger partial charge on any atom is -0.494 e. The first-order chi connectivity index (χ1) is 38.9. The van der Waals surface area contributed by atoms with E-state index < -0.39 is 95.8 Å². The fourth-order valence-electron chi connectivity index (χ4n) is 8.60. The average Bonchev–Trinajstić information content (AvgIpc) is 3.42. The Balaban J connectivity index is 1.23. The maximum atomic E-state index is 13.6. The zero-order chi connectivity index (χ0) is 60.5. The summed E-state index contributed by atoms with van der Waals surface area (Å²) >= 11 is 0. The average molecular weight is 1140 g/mol. The van der Waals surface area contributed by atoms with E-state index in [0.717, 1.165) is 21.9 Å². The van der Waals surface area contributed by atoms with Crippen molar-refractivity contribution in [2.75, 3.05) is 13.2 Å². The molecule has 8 atom stereocenters. The number of aliphatic hydroxyl groups excluding tert-OH is 2. The Morgan fingerprint density at radius 2 is 0.793 bits per heavy atom. The molecule has 0 aliphatic carbocycles. The van der Waals surface area contributed by atoms with Gasteiger partial charge < -0.3 is 61.1 Å². The summed E-state index contributed by atoms with van der Waals surface area (Å²) in [6, 6.07) is 22.3. The lowest BCUT2D eigenvalue weighted by Gasteiger charge is -2.28. The minimum absolute atomic E-state index is 0.0258. The van der Waals surface area contributed by atoms with Crippen molar-refractivity contribution in [1.29, 1.82) is 0 Å². The van der Waals surface area contributed by atoms with Crippen molar-refractivity contribution in [2.45, 2.75) is 169 Å². The van der Waals surface area contributed by atoms with E-state index in [0.29, 0.717) is 11.5 Å². The van der Waals surface area contributed by atoms with E-state index in [1.54, 1.807) is 39.8 Å². The van der Waals surface area contributed by atoms with Gasteiger partial charge in [0, 0.05) is 12.8 Å². The molecule has 0 saturated carbocycles. The number of benzene rings is 4. The maximum absolute atomic E-state index is 13.6. The van der Waals surface area contributed by atoms with Crippen LogP contribution in [0.1, 0.15) is 119 Å². The Kier molecular flexibility index (Phi) is 27.8. The van der Waals surface area contributed by atoms with Crippen molar-refractivity contribution in [3.05, 3.63) is 108 Å². The quantitative estimate of drug-likeness (QED) is 0.0205. The number of carbonyl (C=O) groups excluding carboxylic acids is 8. The Morgan fingerprint density at radius 3 is 1.12 bits per heavy atom. The summed E-state index contributed by atoms with van der Waals surface area (Å²) in [4.78, 5) is 107. The molecule has 4 aromatic carbocycles. The highest BCUT2D eigenvalue weighted by atomic mass is 16.5. The van der Waals surface area contributed by atoms with Crippen LogP contribution in [0.3, 0.4) is 0 Å². The van der Waals surface area contributed by atoms with E-state index in [-0.39, 0.29) is 88.6 Å². The molecule has 0 heterocycles. The highest BCUT2D eigenvalue weighted by Gasteiger charge is 2.35. The van der Waals surface area contributed by atoms with Crippen LogP contribution >= 0.6 is 0 Å². The first-order valence-corrected chi connectivity index (χ1v) is 28.3. The number of ether oxygens (including phenoxy) is 4. The topological polar surface area (TPSA) is 286 Å². The molecule has 20 nitrogen and oxygen atoms in total. The van der Waals surface area contributed by atoms with Crippen LogP contribution in [-0.4, -0.2) is 119 Å². The summed E-state index contributed by atoms with van der Waals surface area (Å²) in [5.74, 6) is -4.75. The number of hydrogen-bond donors (Lipinski definition) is 8. The van der Waals surface area contributed by atoms with Crippen LogP contribution < -0.4 is 41.4 Å². The third-order valence-electron chi connectivity index (χ3n) is 13.1. The van der Waals surface area contributed by atoms with Gasteiger partial charge in [-0.3, -0.25) is 28.8 Å². The Morgan fingerprint density at radius 1 is 0.427 bits per heavy atom. The van der Waals surface area contributed by atoms with Crippen molar-refractivity contribution in [3.63, 3.8) is 0 Å². The molecule has 4 rings (SSSR count). The summed E-state index contributed by atoms with van der Waals surface area (Å²) in [6.07, 6.45) is -1.76. The molecule has 0 spiro atoms. The minimum atomic E-state index is -1.38. The van der Waals surface area contributed by atoms with Gasteiger partial charge in [-0.1, -0.05) is 128 Å². The van der Waals surface area contributed by atoms with E-state index >= 15 is 0 Å². The number of amides is 6. The van der Waals surface area contributed by atoms with Crippen molar-refractivity contribution < 1.29 is 67.5 Å². The van der Waals surface area contributed by atoms with Gasteiger partial charge in [0.15, 0.2) is 0 Å². The summed E-state index contributed by atoms with van der Waals surface area (Å²) in [7, 11) is 0. The molecule has 20 heteroatoms. The van der Waals surface area contributed by atoms with E-state index in [2.05, 4.69) is 31.9 Å². The van der Waals surface area contributed by atoms with Crippen LogP contribution in [0.4, 0.5) is 0 Å². The Labute approximate surface area is 481 Å². The second-order valence-electron chi connectivity index (χ2n) is 22.2. The molecule has 0 aromatic heterocycles. The number of hydrogen-bond acceptors (Lipinski definition) is 14. The molecule has 0 saturated heterocycles. The maximum Gasteiger partial charge on any atom is 0.329 e. The predicted molar refractivity (Wildman–Crippen MR) is 309 cm³/mol. The van der Waals surface area contributed by atoms with Crippen molar-refractivity contribution >= 4 is 58.2 Å². The SMILES string of the molecule is CC(C)C[C@H](NC(=O)[C@@H](NC(=O)CCCOc1ccc2ccc(OCCCC(=O)N[C@H](C(=O)N[C@@H](CC(C)C)C(=O)N[C@H](C(=O)OCc3ccccc3)C(C)C)C(C)O)cc2c1)C(C)O)C(=O)N[C@H](C(=O)OCc1ccccc1)C(C)C. The van der Waals surface area contributed by atoms with Gasteiger partial charge in [-0.15, -0.1) is 0 Å². The van der Waals surface area contributed by atoms with Gasteiger partial charge in [0.25, 0.3) is 0 Å². The lowest BCUT2D eigenvalue weighted by atomic mass is 9.99. The van der Waals surface area contributed by atoms with Gasteiger partial charge in [-0.05, 0) is 109 Å². The van der Waals surface area contributed by atoms with Crippen molar-refractivity contribution in [3.8, 4) is 11.5 Å². The predicted octanol–water partition coefficient (Wildman–Crippen LogP) is 5.72. The molecule has 0 aliphatic heterocycles. The summed E-state index contributed by atoms with van der Waals surface area (Å²) < 4.78 is 22.9. The van der Waals surface area contributed by atoms with E-state index in [1.165, 1.54) is 13.8 Å². The van der Waals surface area contributed by atoms with Crippen LogP contribution in [0.25, 0.3) is 10.8 Å². The smallest absolute Gasteiger partial charge is 0.329 e. The van der Waals surface area contributed by atoms with Crippen molar-refractivity contribution in [2.24, 2.45) is 23.7 Å².